The van der Waals surface area contributed by atoms with Gasteiger partial charge < -0.3 is 15.5 Å². The van der Waals surface area contributed by atoms with Crippen molar-refractivity contribution in [3.63, 3.8) is 0 Å². The Hall–Kier alpha value is -0.910. The number of rotatable bonds is 9. The van der Waals surface area contributed by atoms with E-state index < -0.39 is 10.0 Å². The summed E-state index contributed by atoms with van der Waals surface area (Å²) in [6.45, 7) is 9.97. The van der Waals surface area contributed by atoms with Crippen molar-refractivity contribution >= 4 is 40.0 Å². The molecule has 0 spiro atoms. The number of guanidine groups is 1. The molecule has 166 valence electrons. The second-order valence-electron chi connectivity index (χ2n) is 7.35. The average molecular weight is 538 g/mol. The van der Waals surface area contributed by atoms with Gasteiger partial charge in [-0.2, -0.15) is 0 Å². The second kappa shape index (κ2) is 13.4. The van der Waals surface area contributed by atoms with Gasteiger partial charge in [0.15, 0.2) is 5.96 Å². The molecule has 0 atom stereocenters. The SMILES string of the molecule is CCNC(=NCc1cccc(S(=O)(=O)NC)c1)NCCCN1CCC(C)CC1.I. The molecule has 0 unspecified atom stereocenters. The summed E-state index contributed by atoms with van der Waals surface area (Å²) in [7, 11) is -2.02. The summed E-state index contributed by atoms with van der Waals surface area (Å²) in [6.07, 6.45) is 3.69. The first-order valence-electron chi connectivity index (χ1n) is 10.2. The molecule has 2 rings (SSSR count). The summed E-state index contributed by atoms with van der Waals surface area (Å²) < 4.78 is 26.2. The first-order valence-corrected chi connectivity index (χ1v) is 11.7. The topological polar surface area (TPSA) is 85.8 Å². The van der Waals surface area contributed by atoms with E-state index in [0.717, 1.165) is 43.5 Å². The molecule has 0 aliphatic carbocycles. The Bertz CT molecular complexity index is 734. The Morgan fingerprint density at radius 2 is 1.97 bits per heavy atom. The largest absolute Gasteiger partial charge is 0.357 e. The number of nitrogens with one attached hydrogen (secondary N) is 3. The summed E-state index contributed by atoms with van der Waals surface area (Å²) in [5, 5.41) is 6.62. The molecule has 1 heterocycles. The van der Waals surface area contributed by atoms with E-state index in [-0.39, 0.29) is 28.9 Å². The fraction of sp³-hybridized carbons (Fsp3) is 0.650. The number of halogens is 1. The van der Waals surface area contributed by atoms with Crippen LogP contribution in [0.5, 0.6) is 0 Å². The minimum Gasteiger partial charge on any atom is -0.357 e. The highest BCUT2D eigenvalue weighted by atomic mass is 127. The fourth-order valence-corrected chi connectivity index (χ4v) is 4.04. The van der Waals surface area contributed by atoms with E-state index in [1.165, 1.54) is 33.0 Å². The zero-order valence-corrected chi connectivity index (χ0v) is 20.9. The van der Waals surface area contributed by atoms with Gasteiger partial charge >= 0.3 is 0 Å². The zero-order chi connectivity index (χ0) is 20.4. The molecule has 1 aliphatic heterocycles. The standard InChI is InChI=1S/C20H35N5O2S.HI/c1-4-22-20(23-11-6-12-25-13-9-17(2)10-14-25)24-16-18-7-5-8-19(15-18)28(26,27)21-3;/h5,7-8,15,17,21H,4,6,9-14,16H2,1-3H3,(H2,22,23,24);1H. The third-order valence-corrected chi connectivity index (χ3v) is 6.47. The van der Waals surface area contributed by atoms with E-state index in [4.69, 9.17) is 0 Å². The predicted octanol–water partition coefficient (Wildman–Crippen LogP) is 2.39. The Morgan fingerprint density at radius 3 is 2.62 bits per heavy atom. The highest BCUT2D eigenvalue weighted by Crippen LogP contribution is 2.15. The number of hydrogen-bond donors (Lipinski definition) is 3. The molecular weight excluding hydrogens is 501 g/mol. The molecule has 1 saturated heterocycles. The number of piperidine rings is 1. The highest BCUT2D eigenvalue weighted by Gasteiger charge is 2.15. The quantitative estimate of drug-likeness (QED) is 0.195. The maximum atomic E-state index is 11.9. The van der Waals surface area contributed by atoms with Crippen LogP contribution in [-0.4, -0.2) is 59.0 Å². The van der Waals surface area contributed by atoms with E-state index in [2.05, 4.69) is 32.2 Å². The third kappa shape index (κ3) is 9.18. The van der Waals surface area contributed by atoms with Gasteiger partial charge in [-0.1, -0.05) is 19.1 Å². The summed E-state index contributed by atoms with van der Waals surface area (Å²) in [4.78, 5) is 7.39. The summed E-state index contributed by atoms with van der Waals surface area (Å²) >= 11 is 0. The first kappa shape index (κ1) is 26.1. The van der Waals surface area contributed by atoms with Gasteiger partial charge in [0.25, 0.3) is 0 Å². The lowest BCUT2D eigenvalue weighted by molar-refractivity contribution is 0.191. The van der Waals surface area contributed by atoms with Crippen molar-refractivity contribution in [2.24, 2.45) is 10.9 Å². The van der Waals surface area contributed by atoms with Crippen LogP contribution in [0.3, 0.4) is 0 Å². The molecule has 9 heteroatoms. The van der Waals surface area contributed by atoms with Gasteiger partial charge in [0.05, 0.1) is 11.4 Å². The van der Waals surface area contributed by atoms with E-state index in [0.29, 0.717) is 6.54 Å². The van der Waals surface area contributed by atoms with E-state index in [1.807, 2.05) is 13.0 Å². The molecular formula is C20H36IN5O2S. The highest BCUT2D eigenvalue weighted by molar-refractivity contribution is 14.0. The summed E-state index contributed by atoms with van der Waals surface area (Å²) in [5.41, 5.74) is 0.857. The molecule has 29 heavy (non-hydrogen) atoms. The van der Waals surface area contributed by atoms with Crippen LogP contribution in [0.15, 0.2) is 34.2 Å². The first-order chi connectivity index (χ1) is 13.4. The Kier molecular flexibility index (Phi) is 12.1. The van der Waals surface area contributed by atoms with Gasteiger partial charge in [0.1, 0.15) is 0 Å². The molecule has 0 aromatic heterocycles. The van der Waals surface area contributed by atoms with Crippen molar-refractivity contribution in [2.45, 2.75) is 44.6 Å². The van der Waals surface area contributed by atoms with Gasteiger partial charge in [0, 0.05) is 13.1 Å². The van der Waals surface area contributed by atoms with Crippen molar-refractivity contribution in [1.82, 2.24) is 20.3 Å². The smallest absolute Gasteiger partial charge is 0.240 e. The lowest BCUT2D eigenvalue weighted by atomic mass is 9.99. The molecule has 7 nitrogen and oxygen atoms in total. The number of hydrogen-bond acceptors (Lipinski definition) is 4. The van der Waals surface area contributed by atoms with Crippen LogP contribution >= 0.6 is 24.0 Å². The molecule has 3 N–H and O–H groups in total. The van der Waals surface area contributed by atoms with Crippen LogP contribution in [0.25, 0.3) is 0 Å². The lowest BCUT2D eigenvalue weighted by Crippen LogP contribution is -2.39. The minimum atomic E-state index is -3.44. The maximum absolute atomic E-state index is 11.9. The van der Waals surface area contributed by atoms with Gasteiger partial charge in [-0.15, -0.1) is 24.0 Å². The van der Waals surface area contributed by atoms with Gasteiger partial charge in [0.2, 0.25) is 10.0 Å². The van der Waals surface area contributed by atoms with E-state index in [1.54, 1.807) is 18.2 Å². The molecule has 1 fully saturated rings. The van der Waals surface area contributed by atoms with E-state index >= 15 is 0 Å². The summed E-state index contributed by atoms with van der Waals surface area (Å²) in [6, 6.07) is 6.88. The Morgan fingerprint density at radius 1 is 1.24 bits per heavy atom. The van der Waals surface area contributed by atoms with Crippen molar-refractivity contribution in [1.29, 1.82) is 0 Å². The zero-order valence-electron chi connectivity index (χ0n) is 17.8. The molecule has 1 aliphatic rings. The molecule has 0 radical (unpaired) electrons. The second-order valence-corrected chi connectivity index (χ2v) is 9.24. The molecule has 1 aromatic rings. The normalized spacial score (nSPS) is 16.3. The predicted molar refractivity (Wildman–Crippen MR) is 130 cm³/mol. The van der Waals surface area contributed by atoms with Crippen LogP contribution in [0.4, 0.5) is 0 Å². The number of likely N-dealkylation sites (tertiary alicyclic amines) is 1. The van der Waals surface area contributed by atoms with Gasteiger partial charge in [-0.3, -0.25) is 0 Å². The third-order valence-electron chi connectivity index (χ3n) is 5.06. The van der Waals surface area contributed by atoms with E-state index in [9.17, 15) is 8.42 Å². The lowest BCUT2D eigenvalue weighted by Gasteiger charge is -2.30. The van der Waals surface area contributed by atoms with Crippen LogP contribution in [0.1, 0.15) is 38.7 Å². The number of nitrogens with zero attached hydrogens (tertiary/aromatic N) is 2. The van der Waals surface area contributed by atoms with Gasteiger partial charge in [-0.05, 0) is 76.5 Å². The molecule has 0 amide bonds. The molecule has 0 bridgehead atoms. The fourth-order valence-electron chi connectivity index (χ4n) is 3.24. The number of sulfonamides is 1. The average Bonchev–Trinajstić information content (AvgIpc) is 2.70. The van der Waals surface area contributed by atoms with Crippen LogP contribution in [0.2, 0.25) is 0 Å². The van der Waals surface area contributed by atoms with Crippen molar-refractivity contribution in [3.8, 4) is 0 Å². The van der Waals surface area contributed by atoms with Crippen LogP contribution < -0.4 is 15.4 Å². The van der Waals surface area contributed by atoms with Crippen molar-refractivity contribution < 1.29 is 8.42 Å². The van der Waals surface area contributed by atoms with Crippen molar-refractivity contribution in [3.05, 3.63) is 29.8 Å². The molecule has 1 aromatic carbocycles. The van der Waals surface area contributed by atoms with Crippen LogP contribution in [0, 0.1) is 5.92 Å². The monoisotopic (exact) mass is 537 g/mol. The number of aliphatic imine (C=N–C) groups is 1. The van der Waals surface area contributed by atoms with Gasteiger partial charge in [-0.25, -0.2) is 18.1 Å². The molecule has 0 saturated carbocycles. The number of benzene rings is 1. The van der Waals surface area contributed by atoms with Crippen molar-refractivity contribution in [2.75, 3.05) is 39.8 Å². The Balaban J connectivity index is 0.00000420. The summed E-state index contributed by atoms with van der Waals surface area (Å²) in [5.74, 6) is 1.63. The maximum Gasteiger partial charge on any atom is 0.240 e. The Labute approximate surface area is 193 Å². The van der Waals surface area contributed by atoms with Crippen LogP contribution in [-0.2, 0) is 16.6 Å². The minimum absolute atomic E-state index is 0.